The van der Waals surface area contributed by atoms with Crippen molar-refractivity contribution in [1.82, 2.24) is 0 Å². The summed E-state index contributed by atoms with van der Waals surface area (Å²) in [5.74, 6) is -0.225. The van der Waals surface area contributed by atoms with Crippen LogP contribution in [-0.2, 0) is 6.61 Å². The lowest BCUT2D eigenvalue weighted by Crippen LogP contribution is -2.13. The molecule has 92 valence electrons. The van der Waals surface area contributed by atoms with Crippen LogP contribution in [0.15, 0.2) is 48.5 Å². The van der Waals surface area contributed by atoms with E-state index in [-0.39, 0.29) is 12.5 Å². The number of nitrogens with two attached hydrogens (primary N) is 1. The summed E-state index contributed by atoms with van der Waals surface area (Å²) in [7, 11) is 0. The van der Waals surface area contributed by atoms with E-state index < -0.39 is 0 Å². The van der Waals surface area contributed by atoms with Crippen molar-refractivity contribution in [3.63, 3.8) is 0 Å². The number of nitrogen functional groups attached to an aromatic ring is 1. The largest absolute Gasteiger partial charge is 0.397 e. The smallest absolute Gasteiger partial charge is 0.255 e. The molecule has 0 unspecified atom stereocenters. The van der Waals surface area contributed by atoms with Crippen molar-refractivity contribution in [3.05, 3.63) is 59.7 Å². The van der Waals surface area contributed by atoms with Crippen molar-refractivity contribution in [1.29, 1.82) is 0 Å². The molecule has 4 N–H and O–H groups in total. The van der Waals surface area contributed by atoms with Crippen molar-refractivity contribution in [2.75, 3.05) is 11.1 Å². The van der Waals surface area contributed by atoms with E-state index in [1.807, 2.05) is 0 Å². The number of aliphatic hydroxyl groups excluding tert-OH is 1. The molecule has 1 amide bonds. The topological polar surface area (TPSA) is 75.3 Å². The molecule has 0 aliphatic carbocycles. The zero-order valence-electron chi connectivity index (χ0n) is 9.76. The van der Waals surface area contributed by atoms with Crippen molar-refractivity contribution >= 4 is 17.3 Å². The third kappa shape index (κ3) is 2.67. The van der Waals surface area contributed by atoms with Crippen LogP contribution in [0.25, 0.3) is 0 Å². The van der Waals surface area contributed by atoms with Gasteiger partial charge >= 0.3 is 0 Å². The Morgan fingerprint density at radius 1 is 1.11 bits per heavy atom. The number of aliphatic hydroxyl groups is 1. The number of hydrogen-bond acceptors (Lipinski definition) is 3. The highest BCUT2D eigenvalue weighted by Crippen LogP contribution is 2.17. The molecule has 0 bridgehead atoms. The molecule has 18 heavy (non-hydrogen) atoms. The lowest BCUT2D eigenvalue weighted by Gasteiger charge is -2.08. The normalized spacial score (nSPS) is 10.1. The van der Waals surface area contributed by atoms with Crippen LogP contribution >= 0.6 is 0 Å². The van der Waals surface area contributed by atoms with Crippen LogP contribution in [0.5, 0.6) is 0 Å². The third-order valence-electron chi connectivity index (χ3n) is 2.61. The van der Waals surface area contributed by atoms with Crippen molar-refractivity contribution in [2.24, 2.45) is 0 Å². The maximum Gasteiger partial charge on any atom is 0.255 e. The van der Waals surface area contributed by atoms with E-state index >= 15 is 0 Å². The molecule has 0 saturated carbocycles. The van der Waals surface area contributed by atoms with Gasteiger partial charge in [0.15, 0.2) is 0 Å². The minimum absolute atomic E-state index is 0.0342. The van der Waals surface area contributed by atoms with E-state index in [9.17, 15) is 4.79 Å². The van der Waals surface area contributed by atoms with Crippen LogP contribution in [0.4, 0.5) is 11.4 Å². The van der Waals surface area contributed by atoms with Gasteiger partial charge in [-0.15, -0.1) is 0 Å². The van der Waals surface area contributed by atoms with E-state index in [4.69, 9.17) is 10.8 Å². The number of benzene rings is 2. The van der Waals surface area contributed by atoms with Crippen molar-refractivity contribution in [2.45, 2.75) is 6.61 Å². The minimum Gasteiger partial charge on any atom is -0.397 e. The van der Waals surface area contributed by atoms with Crippen LogP contribution in [0.1, 0.15) is 15.9 Å². The van der Waals surface area contributed by atoms with Gasteiger partial charge in [-0.3, -0.25) is 4.79 Å². The molecule has 2 rings (SSSR count). The summed E-state index contributed by atoms with van der Waals surface area (Å²) in [5.41, 5.74) is 8.15. The number of hydrogen-bond donors (Lipinski definition) is 3. The summed E-state index contributed by atoms with van der Waals surface area (Å²) < 4.78 is 0. The van der Waals surface area contributed by atoms with Gasteiger partial charge < -0.3 is 16.2 Å². The number of amides is 1. The van der Waals surface area contributed by atoms with Crippen molar-refractivity contribution in [3.8, 4) is 0 Å². The van der Waals surface area contributed by atoms with Crippen molar-refractivity contribution < 1.29 is 9.90 Å². The minimum atomic E-state index is -0.225. The average molecular weight is 242 g/mol. The van der Waals surface area contributed by atoms with Gasteiger partial charge in [-0.25, -0.2) is 0 Å². The number of para-hydroxylation sites is 2. The maximum absolute atomic E-state index is 11.9. The van der Waals surface area contributed by atoms with Crippen LogP contribution < -0.4 is 11.1 Å². The highest BCUT2D eigenvalue weighted by Gasteiger charge is 2.07. The first-order valence-electron chi connectivity index (χ1n) is 5.56. The molecule has 4 heteroatoms. The predicted octanol–water partition coefficient (Wildman–Crippen LogP) is 2.01. The monoisotopic (exact) mass is 242 g/mol. The highest BCUT2D eigenvalue weighted by atomic mass is 16.3. The number of carbonyl (C=O) groups excluding carboxylic acids is 1. The zero-order chi connectivity index (χ0) is 13.0. The fourth-order valence-electron chi connectivity index (χ4n) is 1.57. The second kappa shape index (κ2) is 5.33. The SMILES string of the molecule is Nc1ccccc1NC(=O)c1ccc(CO)cc1. The van der Waals surface area contributed by atoms with Gasteiger partial charge in [-0.1, -0.05) is 24.3 Å². The molecule has 2 aromatic rings. The first kappa shape index (κ1) is 12.1. The lowest BCUT2D eigenvalue weighted by atomic mass is 10.1. The molecular formula is C14H14N2O2. The molecule has 0 aromatic heterocycles. The van der Waals surface area contributed by atoms with Gasteiger partial charge in [0, 0.05) is 5.56 Å². The molecule has 2 aromatic carbocycles. The second-order valence-corrected chi connectivity index (χ2v) is 3.90. The summed E-state index contributed by atoms with van der Waals surface area (Å²) in [6.07, 6.45) is 0. The lowest BCUT2D eigenvalue weighted by molar-refractivity contribution is 0.102. The van der Waals surface area contributed by atoms with Gasteiger partial charge in [0.25, 0.3) is 5.91 Å². The number of anilines is 2. The standard InChI is InChI=1S/C14H14N2O2/c15-12-3-1-2-4-13(12)16-14(18)11-7-5-10(9-17)6-8-11/h1-8,17H,9,15H2,(H,16,18). The number of carbonyl (C=O) groups is 1. The van der Waals surface area contributed by atoms with E-state index in [1.165, 1.54) is 0 Å². The molecule has 0 aliphatic rings. The molecule has 0 saturated heterocycles. The van der Waals surface area contributed by atoms with E-state index in [1.54, 1.807) is 48.5 Å². The summed E-state index contributed by atoms with van der Waals surface area (Å²) in [4.78, 5) is 11.9. The molecule has 0 heterocycles. The van der Waals surface area contributed by atoms with Gasteiger partial charge in [0.1, 0.15) is 0 Å². The van der Waals surface area contributed by atoms with E-state index in [0.29, 0.717) is 16.9 Å². The summed E-state index contributed by atoms with van der Waals surface area (Å²) in [6.45, 7) is -0.0342. The van der Waals surface area contributed by atoms with Crippen LogP contribution in [-0.4, -0.2) is 11.0 Å². The zero-order valence-corrected chi connectivity index (χ0v) is 9.76. The Morgan fingerprint density at radius 2 is 1.78 bits per heavy atom. The Labute approximate surface area is 105 Å². The maximum atomic E-state index is 11.9. The van der Waals surface area contributed by atoms with Gasteiger partial charge in [0.05, 0.1) is 18.0 Å². The summed E-state index contributed by atoms with van der Waals surface area (Å²) in [5, 5.41) is 11.7. The summed E-state index contributed by atoms with van der Waals surface area (Å²) >= 11 is 0. The fourth-order valence-corrected chi connectivity index (χ4v) is 1.57. The predicted molar refractivity (Wildman–Crippen MR) is 71.2 cm³/mol. The number of nitrogens with one attached hydrogen (secondary N) is 1. The Kier molecular flexibility index (Phi) is 3.60. The third-order valence-corrected chi connectivity index (χ3v) is 2.61. The first-order valence-corrected chi connectivity index (χ1v) is 5.56. The average Bonchev–Trinajstić information content (AvgIpc) is 2.41. The van der Waals surface area contributed by atoms with Crippen LogP contribution in [0.2, 0.25) is 0 Å². The van der Waals surface area contributed by atoms with Gasteiger partial charge in [0.2, 0.25) is 0 Å². The Balaban J connectivity index is 2.14. The highest BCUT2D eigenvalue weighted by molar-refractivity contribution is 6.05. The van der Waals surface area contributed by atoms with E-state index in [0.717, 1.165) is 5.56 Å². The Hall–Kier alpha value is -2.33. The Morgan fingerprint density at radius 3 is 2.39 bits per heavy atom. The van der Waals surface area contributed by atoms with Crippen LogP contribution in [0, 0.1) is 0 Å². The molecule has 0 fully saturated rings. The summed E-state index contributed by atoms with van der Waals surface area (Å²) in [6, 6.07) is 13.8. The number of rotatable bonds is 3. The first-order chi connectivity index (χ1) is 8.70. The molecule has 0 radical (unpaired) electrons. The molecule has 4 nitrogen and oxygen atoms in total. The molecule has 0 spiro atoms. The molecule has 0 atom stereocenters. The Bertz CT molecular complexity index is 550. The second-order valence-electron chi connectivity index (χ2n) is 3.90. The van der Waals surface area contributed by atoms with Crippen LogP contribution in [0.3, 0.4) is 0 Å². The molecule has 0 aliphatic heterocycles. The van der Waals surface area contributed by atoms with E-state index in [2.05, 4.69) is 5.32 Å². The van der Waals surface area contributed by atoms with Gasteiger partial charge in [-0.05, 0) is 29.8 Å². The molecular weight excluding hydrogens is 228 g/mol. The quantitative estimate of drug-likeness (QED) is 0.721. The van der Waals surface area contributed by atoms with Gasteiger partial charge in [-0.2, -0.15) is 0 Å². The fraction of sp³-hybridized carbons (Fsp3) is 0.0714.